The van der Waals surface area contributed by atoms with Crippen LogP contribution in [0.5, 0.6) is 0 Å². The largest absolute Gasteiger partial charge is 0.387 e. The van der Waals surface area contributed by atoms with Crippen LogP contribution in [0.1, 0.15) is 56.9 Å². The predicted octanol–water partition coefficient (Wildman–Crippen LogP) is 0.414. The molecule has 4 unspecified atom stereocenters. The summed E-state index contributed by atoms with van der Waals surface area (Å²) in [4.78, 5) is 9.20. The molecule has 2 aliphatic carbocycles. The van der Waals surface area contributed by atoms with E-state index in [0.717, 1.165) is 24.8 Å². The van der Waals surface area contributed by atoms with Gasteiger partial charge in [-0.05, 0) is 81.6 Å². The number of fused-ring (bicyclic) bond motifs is 2. The van der Waals surface area contributed by atoms with E-state index in [1.807, 2.05) is 0 Å². The maximum atomic E-state index is 11.0. The lowest BCUT2D eigenvalue weighted by Gasteiger charge is -2.45. The van der Waals surface area contributed by atoms with Crippen LogP contribution >= 0.6 is 0 Å². The molecule has 6 aliphatic rings. The molecule has 228 valence electrons. The zero-order valence-corrected chi connectivity index (χ0v) is 24.8. The van der Waals surface area contributed by atoms with E-state index >= 15 is 0 Å². The summed E-state index contributed by atoms with van der Waals surface area (Å²) in [5, 5.41) is 32.6. The highest BCUT2D eigenvalue weighted by molar-refractivity contribution is 5.76. The number of aliphatic hydroxyl groups is 2. The van der Waals surface area contributed by atoms with Crippen LogP contribution in [0.3, 0.4) is 0 Å². The molecule has 1 aromatic rings. The van der Waals surface area contributed by atoms with Gasteiger partial charge in [-0.2, -0.15) is 0 Å². The van der Waals surface area contributed by atoms with E-state index in [1.54, 1.807) is 0 Å². The van der Waals surface area contributed by atoms with Crippen molar-refractivity contribution in [2.45, 2.75) is 106 Å². The molecule has 0 spiro atoms. The van der Waals surface area contributed by atoms with Crippen LogP contribution in [0.2, 0.25) is 0 Å². The fraction of sp³-hybridized carbons (Fsp3) is 0.800. The minimum absolute atomic E-state index is 0.0217. The summed E-state index contributed by atoms with van der Waals surface area (Å²) in [5.41, 5.74) is 10.5. The van der Waals surface area contributed by atoms with Crippen LogP contribution in [0, 0.1) is 5.92 Å². The van der Waals surface area contributed by atoms with Crippen LogP contribution in [0.4, 0.5) is 11.4 Å². The molecule has 5 fully saturated rings. The van der Waals surface area contributed by atoms with Crippen molar-refractivity contribution in [3.05, 3.63) is 23.8 Å². The zero-order valence-electron chi connectivity index (χ0n) is 24.8. The lowest BCUT2D eigenvalue weighted by Crippen LogP contribution is -2.69. The Bertz CT molecular complexity index is 1090. The third-order valence-corrected chi connectivity index (χ3v) is 10.9. The van der Waals surface area contributed by atoms with Crippen LogP contribution < -0.4 is 26.6 Å². The monoisotopic (exact) mass is 570 g/mol. The van der Waals surface area contributed by atoms with Crippen molar-refractivity contribution >= 4 is 11.4 Å². The second kappa shape index (κ2) is 11.2. The van der Waals surface area contributed by atoms with Gasteiger partial charge in [0, 0.05) is 19.6 Å². The molecule has 4 aliphatic heterocycles. The first-order valence-corrected chi connectivity index (χ1v) is 15.9. The molecular formula is C30H50N8O3. The number of hydrogen-bond donors (Lipinski definition) is 6. The molecule has 0 aromatic heterocycles. The number of ether oxygens (including phenoxy) is 1. The van der Waals surface area contributed by atoms with Crippen molar-refractivity contribution in [3.63, 3.8) is 0 Å². The number of nitrogens with two attached hydrogens (primary N) is 1. The molecule has 4 heterocycles. The van der Waals surface area contributed by atoms with Gasteiger partial charge in [0.1, 0.15) is 24.5 Å². The van der Waals surface area contributed by atoms with Crippen LogP contribution in [0.25, 0.3) is 0 Å². The fourth-order valence-corrected chi connectivity index (χ4v) is 7.97. The third kappa shape index (κ3) is 5.17. The number of aliphatic hydroxyl groups excluding tert-OH is 2. The van der Waals surface area contributed by atoms with Crippen molar-refractivity contribution in [1.29, 1.82) is 0 Å². The second-order valence-corrected chi connectivity index (χ2v) is 13.5. The van der Waals surface area contributed by atoms with Gasteiger partial charge in [0.25, 0.3) is 0 Å². The number of benzene rings is 1. The molecule has 8 atom stereocenters. The number of rotatable bonds is 9. The maximum absolute atomic E-state index is 11.0. The van der Waals surface area contributed by atoms with Gasteiger partial charge in [0.15, 0.2) is 0 Å². The highest BCUT2D eigenvalue weighted by Crippen LogP contribution is 2.45. The van der Waals surface area contributed by atoms with Crippen LogP contribution in [-0.4, -0.2) is 121 Å². The SMILES string of the molecule is CCN1CNC(N)C2NCN([C@@H]3O[C@H](CN(C)[C@H]4C[C@H](CCC5Nc6ccc(C7CC7)cc6N5C)C4)[C@@H](O)[C@H]3O)C21. The van der Waals surface area contributed by atoms with E-state index in [2.05, 4.69) is 74.8 Å². The molecule has 7 rings (SSSR count). The molecule has 0 bridgehead atoms. The first-order valence-electron chi connectivity index (χ1n) is 15.9. The number of hydrogen-bond acceptors (Lipinski definition) is 11. The Morgan fingerprint density at radius 1 is 1.10 bits per heavy atom. The van der Waals surface area contributed by atoms with E-state index in [9.17, 15) is 10.2 Å². The number of nitrogens with one attached hydrogen (secondary N) is 3. The lowest BCUT2D eigenvalue weighted by molar-refractivity contribution is -0.131. The molecule has 7 N–H and O–H groups in total. The van der Waals surface area contributed by atoms with E-state index in [-0.39, 0.29) is 18.4 Å². The number of anilines is 2. The average Bonchev–Trinajstić information content (AvgIpc) is 3.55. The van der Waals surface area contributed by atoms with Crippen LogP contribution in [0.15, 0.2) is 18.2 Å². The van der Waals surface area contributed by atoms with Crippen molar-refractivity contribution < 1.29 is 14.9 Å². The van der Waals surface area contributed by atoms with Crippen molar-refractivity contribution in [2.24, 2.45) is 11.7 Å². The summed E-state index contributed by atoms with van der Waals surface area (Å²) in [5.74, 6) is 1.51. The number of nitrogens with zero attached hydrogens (tertiary/aromatic N) is 4. The molecule has 11 nitrogen and oxygen atoms in total. The normalized spacial score (nSPS) is 41.0. The van der Waals surface area contributed by atoms with Crippen molar-refractivity contribution in [3.8, 4) is 0 Å². The Hall–Kier alpha value is -1.54. The van der Waals surface area contributed by atoms with Gasteiger partial charge < -0.3 is 35.8 Å². The molecule has 0 amide bonds. The van der Waals surface area contributed by atoms with E-state index in [4.69, 9.17) is 10.5 Å². The van der Waals surface area contributed by atoms with Gasteiger partial charge >= 0.3 is 0 Å². The highest BCUT2D eigenvalue weighted by Gasteiger charge is 2.53. The maximum Gasteiger partial charge on any atom is 0.142 e. The fourth-order valence-electron chi connectivity index (χ4n) is 7.97. The average molecular weight is 571 g/mol. The summed E-state index contributed by atoms with van der Waals surface area (Å²) in [7, 11) is 4.36. The van der Waals surface area contributed by atoms with Crippen LogP contribution in [-0.2, 0) is 4.74 Å². The van der Waals surface area contributed by atoms with E-state index < -0.39 is 24.5 Å². The summed E-state index contributed by atoms with van der Waals surface area (Å²) in [6, 6.07) is 7.51. The molecule has 1 aromatic carbocycles. The van der Waals surface area contributed by atoms with Gasteiger partial charge in [0.2, 0.25) is 0 Å². The Balaban J connectivity index is 0.880. The highest BCUT2D eigenvalue weighted by atomic mass is 16.6. The summed E-state index contributed by atoms with van der Waals surface area (Å²) in [6.45, 7) is 4.87. The summed E-state index contributed by atoms with van der Waals surface area (Å²) < 4.78 is 6.39. The van der Waals surface area contributed by atoms with E-state index in [0.29, 0.717) is 32.1 Å². The second-order valence-electron chi connectivity index (χ2n) is 13.5. The van der Waals surface area contributed by atoms with E-state index in [1.165, 1.54) is 49.0 Å². The summed E-state index contributed by atoms with van der Waals surface area (Å²) >= 11 is 0. The third-order valence-electron chi connectivity index (χ3n) is 10.9. The van der Waals surface area contributed by atoms with Gasteiger partial charge in [-0.25, -0.2) is 4.90 Å². The smallest absolute Gasteiger partial charge is 0.142 e. The zero-order chi connectivity index (χ0) is 28.4. The molecule has 11 heteroatoms. The predicted molar refractivity (Wildman–Crippen MR) is 159 cm³/mol. The quantitative estimate of drug-likeness (QED) is 0.247. The Labute approximate surface area is 244 Å². The molecule has 3 saturated heterocycles. The first kappa shape index (κ1) is 28.2. The minimum Gasteiger partial charge on any atom is -0.387 e. The standard InChI is InChI=1S/C30H50N8O3/c1-4-37-15-33-28(31)25-29(37)38(16-32-25)30-27(40)26(39)23(41-30)14-35(2)20-11-17(12-20)5-10-24-34-21-9-8-19(18-6-7-18)13-22(21)36(24)3/h8-9,13,17-18,20,23-30,32-34,39-40H,4-7,10-12,14-16,31H2,1-3H3/t17-,20-,23-,24?,25?,26-,27-,28?,29?,30-/m1/s1. The topological polar surface area (TPSA) is 125 Å². The lowest BCUT2D eigenvalue weighted by atomic mass is 9.76. The van der Waals surface area contributed by atoms with Gasteiger partial charge in [-0.3, -0.25) is 15.5 Å². The van der Waals surface area contributed by atoms with Gasteiger partial charge in [0.05, 0.1) is 49.3 Å². The Kier molecular flexibility index (Phi) is 7.71. The first-order chi connectivity index (χ1) is 19.8. The Morgan fingerprint density at radius 3 is 2.66 bits per heavy atom. The molecule has 0 radical (unpaired) electrons. The molecule has 41 heavy (non-hydrogen) atoms. The van der Waals surface area contributed by atoms with Crippen molar-refractivity contribution in [1.82, 2.24) is 25.3 Å². The molecular weight excluding hydrogens is 520 g/mol. The Morgan fingerprint density at radius 2 is 1.90 bits per heavy atom. The molecule has 2 saturated carbocycles. The van der Waals surface area contributed by atoms with Gasteiger partial charge in [-0.15, -0.1) is 0 Å². The minimum atomic E-state index is -0.951. The number of likely N-dealkylation sites (N-methyl/N-ethyl adjacent to an activating group) is 2. The van der Waals surface area contributed by atoms with Gasteiger partial charge in [-0.1, -0.05) is 13.0 Å². The summed E-state index contributed by atoms with van der Waals surface area (Å²) in [6.07, 6.45) is 4.79. The van der Waals surface area contributed by atoms with Crippen molar-refractivity contribution in [2.75, 3.05) is 50.7 Å².